The highest BCUT2D eigenvalue weighted by Crippen LogP contribution is 2.43. The quantitative estimate of drug-likeness (QED) is 0.924. The Bertz CT molecular complexity index is 621. The van der Waals surface area contributed by atoms with Gasteiger partial charge in [0.25, 0.3) is 0 Å². The van der Waals surface area contributed by atoms with Crippen LogP contribution in [0.2, 0.25) is 0 Å². The number of aryl methyl sites for hydroxylation is 2. The second kappa shape index (κ2) is 5.68. The zero-order chi connectivity index (χ0) is 14.9. The number of hydrogen-bond acceptors (Lipinski definition) is 3. The van der Waals surface area contributed by atoms with Crippen LogP contribution in [-0.2, 0) is 16.8 Å². The fourth-order valence-electron chi connectivity index (χ4n) is 3.32. The number of carbonyl (C=O) groups excluding carboxylic acids is 1. The van der Waals surface area contributed by atoms with Crippen molar-refractivity contribution in [3.63, 3.8) is 0 Å². The summed E-state index contributed by atoms with van der Waals surface area (Å²) in [5, 5.41) is 5.19. The highest BCUT2D eigenvalue weighted by Gasteiger charge is 2.43. The summed E-state index contributed by atoms with van der Waals surface area (Å²) in [6.07, 6.45) is 4.19. The summed E-state index contributed by atoms with van der Waals surface area (Å²) in [7, 11) is 0. The van der Waals surface area contributed by atoms with Gasteiger partial charge in [0.1, 0.15) is 11.5 Å². The minimum atomic E-state index is -0.305. The Morgan fingerprint density at radius 1 is 1.38 bits per heavy atom. The molecule has 0 saturated heterocycles. The first-order valence-electron chi connectivity index (χ1n) is 7.50. The van der Waals surface area contributed by atoms with Gasteiger partial charge in [-0.1, -0.05) is 18.9 Å². The SMILES string of the molecule is Cc1cc(CNC(=O)C2(c3cccs3)CCCC2)c(C)o1. The molecule has 112 valence electrons. The van der Waals surface area contributed by atoms with Gasteiger partial charge in [-0.15, -0.1) is 11.3 Å². The third kappa shape index (κ3) is 2.64. The molecule has 0 spiro atoms. The van der Waals surface area contributed by atoms with Crippen LogP contribution in [0.3, 0.4) is 0 Å². The molecule has 1 aliphatic rings. The van der Waals surface area contributed by atoms with Gasteiger partial charge in [0.05, 0.1) is 5.41 Å². The molecule has 2 aromatic rings. The topological polar surface area (TPSA) is 42.2 Å². The highest BCUT2D eigenvalue weighted by molar-refractivity contribution is 7.10. The lowest BCUT2D eigenvalue weighted by Crippen LogP contribution is -2.41. The Morgan fingerprint density at radius 2 is 2.14 bits per heavy atom. The van der Waals surface area contributed by atoms with Crippen LogP contribution in [0, 0.1) is 13.8 Å². The van der Waals surface area contributed by atoms with Crippen LogP contribution in [0.4, 0.5) is 0 Å². The van der Waals surface area contributed by atoms with Crippen molar-refractivity contribution in [3.8, 4) is 0 Å². The Balaban J connectivity index is 1.75. The summed E-state index contributed by atoms with van der Waals surface area (Å²) in [6, 6.07) is 6.14. The van der Waals surface area contributed by atoms with Crippen molar-refractivity contribution in [2.75, 3.05) is 0 Å². The molecular formula is C17H21NO2S. The number of hydrogen-bond donors (Lipinski definition) is 1. The van der Waals surface area contributed by atoms with Crippen molar-refractivity contribution in [2.24, 2.45) is 0 Å². The molecule has 0 unspecified atom stereocenters. The van der Waals surface area contributed by atoms with E-state index in [2.05, 4.69) is 16.8 Å². The maximum absolute atomic E-state index is 12.8. The highest BCUT2D eigenvalue weighted by atomic mass is 32.1. The van der Waals surface area contributed by atoms with Gasteiger partial charge >= 0.3 is 0 Å². The van der Waals surface area contributed by atoms with Crippen LogP contribution in [0.1, 0.15) is 47.6 Å². The van der Waals surface area contributed by atoms with E-state index in [1.807, 2.05) is 26.0 Å². The molecule has 0 atom stereocenters. The lowest BCUT2D eigenvalue weighted by atomic mass is 9.83. The van der Waals surface area contributed by atoms with Crippen molar-refractivity contribution in [1.29, 1.82) is 0 Å². The molecule has 2 aromatic heterocycles. The van der Waals surface area contributed by atoms with Crippen LogP contribution in [-0.4, -0.2) is 5.91 Å². The maximum Gasteiger partial charge on any atom is 0.231 e. The predicted octanol–water partition coefficient (Wildman–Crippen LogP) is 4.09. The molecule has 4 heteroatoms. The molecule has 0 aromatic carbocycles. The van der Waals surface area contributed by atoms with Crippen LogP contribution < -0.4 is 5.32 Å². The molecule has 1 fully saturated rings. The smallest absolute Gasteiger partial charge is 0.231 e. The summed E-state index contributed by atoms with van der Waals surface area (Å²) >= 11 is 1.70. The zero-order valence-electron chi connectivity index (χ0n) is 12.6. The summed E-state index contributed by atoms with van der Waals surface area (Å²) in [6.45, 7) is 4.43. The number of amides is 1. The van der Waals surface area contributed by atoms with E-state index in [1.165, 1.54) is 4.88 Å². The average molecular weight is 303 g/mol. The monoisotopic (exact) mass is 303 g/mol. The second-order valence-corrected chi connectivity index (χ2v) is 6.84. The van der Waals surface area contributed by atoms with E-state index in [1.54, 1.807) is 11.3 Å². The third-order valence-electron chi connectivity index (χ3n) is 4.47. The second-order valence-electron chi connectivity index (χ2n) is 5.89. The third-order valence-corrected chi connectivity index (χ3v) is 5.54. The molecule has 21 heavy (non-hydrogen) atoms. The number of carbonyl (C=O) groups is 1. The Morgan fingerprint density at radius 3 is 2.71 bits per heavy atom. The largest absolute Gasteiger partial charge is 0.466 e. The van der Waals surface area contributed by atoms with E-state index in [9.17, 15) is 4.79 Å². The maximum atomic E-state index is 12.8. The van der Waals surface area contributed by atoms with E-state index in [0.717, 1.165) is 42.8 Å². The molecular weight excluding hydrogens is 282 g/mol. The summed E-state index contributed by atoms with van der Waals surface area (Å²) in [5.74, 6) is 1.95. The van der Waals surface area contributed by atoms with E-state index in [-0.39, 0.29) is 11.3 Å². The van der Waals surface area contributed by atoms with Gasteiger partial charge in [-0.3, -0.25) is 4.79 Å². The van der Waals surface area contributed by atoms with Crippen molar-refractivity contribution in [2.45, 2.75) is 51.5 Å². The normalized spacial score (nSPS) is 17.0. The van der Waals surface area contributed by atoms with Crippen molar-refractivity contribution in [3.05, 3.63) is 45.5 Å². The van der Waals surface area contributed by atoms with Crippen LogP contribution in [0.15, 0.2) is 28.0 Å². The molecule has 0 radical (unpaired) electrons. The van der Waals surface area contributed by atoms with Gasteiger partial charge in [0.15, 0.2) is 0 Å². The van der Waals surface area contributed by atoms with Gasteiger partial charge in [0.2, 0.25) is 5.91 Å². The van der Waals surface area contributed by atoms with E-state index in [4.69, 9.17) is 4.42 Å². The Hall–Kier alpha value is -1.55. The number of rotatable bonds is 4. The van der Waals surface area contributed by atoms with Crippen LogP contribution in [0.5, 0.6) is 0 Å². The van der Waals surface area contributed by atoms with E-state index in [0.29, 0.717) is 6.54 Å². The van der Waals surface area contributed by atoms with Gasteiger partial charge in [-0.05, 0) is 44.2 Å². The average Bonchev–Trinajstić information content (AvgIpc) is 3.17. The minimum Gasteiger partial charge on any atom is -0.466 e. The number of furan rings is 1. The molecule has 0 aliphatic heterocycles. The van der Waals surface area contributed by atoms with Crippen molar-refractivity contribution in [1.82, 2.24) is 5.32 Å². The van der Waals surface area contributed by atoms with Gasteiger partial charge in [-0.2, -0.15) is 0 Å². The molecule has 1 N–H and O–H groups in total. The first-order valence-corrected chi connectivity index (χ1v) is 8.38. The first-order chi connectivity index (χ1) is 10.1. The van der Waals surface area contributed by atoms with Crippen molar-refractivity contribution >= 4 is 17.2 Å². The standard InChI is InChI=1S/C17H21NO2S/c1-12-10-14(13(2)20-12)11-18-16(19)17(7-3-4-8-17)15-6-5-9-21-15/h5-6,9-10H,3-4,7-8,11H2,1-2H3,(H,18,19). The fourth-order valence-corrected chi connectivity index (χ4v) is 4.30. The number of thiophene rings is 1. The molecule has 1 amide bonds. The molecule has 3 rings (SSSR count). The fraction of sp³-hybridized carbons (Fsp3) is 0.471. The molecule has 2 heterocycles. The first kappa shape index (κ1) is 14.4. The molecule has 1 aliphatic carbocycles. The van der Waals surface area contributed by atoms with E-state index >= 15 is 0 Å². The summed E-state index contributed by atoms with van der Waals surface area (Å²) < 4.78 is 5.52. The van der Waals surface area contributed by atoms with Crippen LogP contribution in [0.25, 0.3) is 0 Å². The summed E-state index contributed by atoms with van der Waals surface area (Å²) in [4.78, 5) is 14.0. The predicted molar refractivity (Wildman–Crippen MR) is 84.5 cm³/mol. The molecule has 0 bridgehead atoms. The van der Waals surface area contributed by atoms with Gasteiger partial charge < -0.3 is 9.73 Å². The Kier molecular flexibility index (Phi) is 3.89. The lowest BCUT2D eigenvalue weighted by molar-refractivity contribution is -0.126. The molecule has 1 saturated carbocycles. The lowest BCUT2D eigenvalue weighted by Gasteiger charge is -2.26. The zero-order valence-corrected chi connectivity index (χ0v) is 13.4. The minimum absolute atomic E-state index is 0.167. The van der Waals surface area contributed by atoms with Crippen LogP contribution >= 0.6 is 11.3 Å². The number of nitrogens with one attached hydrogen (secondary N) is 1. The summed E-state index contributed by atoms with van der Waals surface area (Å²) in [5.41, 5.74) is 0.765. The van der Waals surface area contributed by atoms with Gasteiger partial charge in [-0.25, -0.2) is 0 Å². The van der Waals surface area contributed by atoms with Crippen molar-refractivity contribution < 1.29 is 9.21 Å². The van der Waals surface area contributed by atoms with E-state index < -0.39 is 0 Å². The van der Waals surface area contributed by atoms with Gasteiger partial charge in [0, 0.05) is 17.0 Å². The molecule has 3 nitrogen and oxygen atoms in total. The Labute approximate surface area is 129 Å².